The molecule has 2 unspecified atom stereocenters. The molecule has 2 aliphatic heterocycles. The van der Waals surface area contributed by atoms with E-state index in [4.69, 9.17) is 21.1 Å². The summed E-state index contributed by atoms with van der Waals surface area (Å²) in [6, 6.07) is 4.08. The summed E-state index contributed by atoms with van der Waals surface area (Å²) in [5, 5.41) is 5.10. The maximum absolute atomic E-state index is 6.34. The van der Waals surface area contributed by atoms with Crippen LogP contribution in [0.5, 0.6) is 11.5 Å². The summed E-state index contributed by atoms with van der Waals surface area (Å²) in [6.07, 6.45) is 1.03. The Morgan fingerprint density at radius 3 is 2.86 bits per heavy atom. The van der Waals surface area contributed by atoms with Gasteiger partial charge in [-0.1, -0.05) is 18.5 Å². The summed E-state index contributed by atoms with van der Waals surface area (Å²) in [7, 11) is 3.22. The second kappa shape index (κ2) is 6.34. The molecule has 0 spiro atoms. The van der Waals surface area contributed by atoms with Gasteiger partial charge in [0.15, 0.2) is 11.5 Å². The van der Waals surface area contributed by atoms with E-state index in [2.05, 4.69) is 22.4 Å². The van der Waals surface area contributed by atoms with Gasteiger partial charge in [-0.25, -0.2) is 0 Å². The third kappa shape index (κ3) is 2.63. The van der Waals surface area contributed by atoms with Gasteiger partial charge in [0.2, 0.25) is 0 Å². The predicted molar refractivity (Wildman–Crippen MR) is 88.1 cm³/mol. The fourth-order valence-electron chi connectivity index (χ4n) is 3.32. The van der Waals surface area contributed by atoms with Crippen molar-refractivity contribution in [3.05, 3.63) is 22.7 Å². The lowest BCUT2D eigenvalue weighted by Crippen LogP contribution is -2.41. The molecule has 0 bridgehead atoms. The number of rotatable bonds is 4. The van der Waals surface area contributed by atoms with Gasteiger partial charge in [-0.05, 0) is 24.2 Å². The number of hydrogen-bond acceptors (Lipinski definition) is 5. The number of nitrogens with one attached hydrogen (secondary N) is 1. The molecular formula is C16H22ClN3O2. The first-order chi connectivity index (χ1) is 10.7. The number of methoxy groups -OCH3 is 2. The van der Waals surface area contributed by atoms with Gasteiger partial charge in [0, 0.05) is 31.1 Å². The molecule has 6 heteroatoms. The third-order valence-corrected chi connectivity index (χ3v) is 4.86. The second-order valence-corrected chi connectivity index (χ2v) is 6.11. The number of nitrogens with zero attached hydrogens (tertiary/aromatic N) is 2. The van der Waals surface area contributed by atoms with E-state index in [1.165, 1.54) is 5.71 Å². The molecule has 22 heavy (non-hydrogen) atoms. The normalized spacial score (nSPS) is 24.5. The summed E-state index contributed by atoms with van der Waals surface area (Å²) in [5.74, 6) is 1.62. The molecule has 2 atom stereocenters. The van der Waals surface area contributed by atoms with E-state index in [0.29, 0.717) is 22.4 Å². The first-order valence-corrected chi connectivity index (χ1v) is 8.01. The molecule has 5 nitrogen and oxygen atoms in total. The lowest BCUT2D eigenvalue weighted by molar-refractivity contribution is 0.238. The lowest BCUT2D eigenvalue weighted by atomic mass is 9.86. The number of benzene rings is 1. The van der Waals surface area contributed by atoms with Gasteiger partial charge in [0.05, 0.1) is 25.3 Å². The van der Waals surface area contributed by atoms with Crippen LogP contribution in [-0.4, -0.2) is 44.5 Å². The van der Waals surface area contributed by atoms with Gasteiger partial charge >= 0.3 is 0 Å². The van der Waals surface area contributed by atoms with Gasteiger partial charge in [-0.3, -0.25) is 0 Å². The highest BCUT2D eigenvalue weighted by Crippen LogP contribution is 2.41. The maximum Gasteiger partial charge on any atom is 0.179 e. The zero-order valence-corrected chi connectivity index (χ0v) is 14.0. The molecule has 0 radical (unpaired) electrons. The number of piperidine rings is 1. The topological polar surface area (TPSA) is 46.1 Å². The van der Waals surface area contributed by atoms with Crippen molar-refractivity contribution < 1.29 is 9.47 Å². The Balaban J connectivity index is 1.90. The molecule has 0 aliphatic carbocycles. The van der Waals surface area contributed by atoms with Crippen molar-refractivity contribution in [2.75, 3.05) is 33.9 Å². The highest BCUT2D eigenvalue weighted by Gasteiger charge is 2.37. The molecule has 1 aromatic carbocycles. The second-order valence-electron chi connectivity index (χ2n) is 5.70. The number of ether oxygens (including phenoxy) is 2. The minimum Gasteiger partial charge on any atom is -0.493 e. The molecule has 3 rings (SSSR count). The fraction of sp³-hybridized carbons (Fsp3) is 0.562. The maximum atomic E-state index is 6.34. The van der Waals surface area contributed by atoms with Gasteiger partial charge in [-0.15, -0.1) is 0 Å². The Labute approximate surface area is 136 Å². The Kier molecular flexibility index (Phi) is 4.45. The summed E-state index contributed by atoms with van der Waals surface area (Å²) >= 11 is 6.34. The Morgan fingerprint density at radius 2 is 2.18 bits per heavy atom. The number of halogens is 1. The summed E-state index contributed by atoms with van der Waals surface area (Å²) < 4.78 is 10.7. The van der Waals surface area contributed by atoms with E-state index in [0.717, 1.165) is 31.6 Å². The Morgan fingerprint density at radius 1 is 1.36 bits per heavy atom. The summed E-state index contributed by atoms with van der Waals surface area (Å²) in [6.45, 7) is 5.39. The predicted octanol–water partition coefficient (Wildman–Crippen LogP) is 2.70. The zero-order valence-electron chi connectivity index (χ0n) is 13.2. The minimum absolute atomic E-state index is 0.140. The Hall–Kier alpha value is -1.46. The van der Waals surface area contributed by atoms with E-state index in [9.17, 15) is 0 Å². The van der Waals surface area contributed by atoms with Gasteiger partial charge in [0.1, 0.15) is 0 Å². The van der Waals surface area contributed by atoms with Crippen molar-refractivity contribution in [3.63, 3.8) is 0 Å². The van der Waals surface area contributed by atoms with Crippen LogP contribution in [-0.2, 0) is 0 Å². The van der Waals surface area contributed by atoms with Crippen LogP contribution in [0.25, 0.3) is 0 Å². The molecule has 0 saturated carbocycles. The molecule has 1 saturated heterocycles. The first-order valence-electron chi connectivity index (χ1n) is 7.63. The van der Waals surface area contributed by atoms with Crippen molar-refractivity contribution in [1.82, 2.24) is 10.3 Å². The third-order valence-electron chi connectivity index (χ3n) is 4.58. The molecule has 1 aromatic rings. The summed E-state index contributed by atoms with van der Waals surface area (Å²) in [5.41, 5.74) is 5.63. The van der Waals surface area contributed by atoms with Crippen LogP contribution in [0.15, 0.2) is 17.2 Å². The zero-order chi connectivity index (χ0) is 15.7. The smallest absolute Gasteiger partial charge is 0.179 e. The van der Waals surface area contributed by atoms with E-state index >= 15 is 0 Å². The molecule has 1 fully saturated rings. The van der Waals surface area contributed by atoms with Gasteiger partial charge < -0.3 is 19.8 Å². The average molecular weight is 324 g/mol. The van der Waals surface area contributed by atoms with Crippen LogP contribution in [0.1, 0.15) is 24.9 Å². The van der Waals surface area contributed by atoms with Crippen molar-refractivity contribution in [1.29, 1.82) is 0 Å². The molecule has 1 N–H and O–H groups in total. The standard InChI is InChI=1S/C16H22ClN3O2/c1-4-20-6-5-13-11(9-20)15(19-18-13)10-7-12(17)16(22-3)14(8-10)21-2/h7-8,11,15,19H,4-6,9H2,1-3H3. The average Bonchev–Trinajstić information content (AvgIpc) is 2.96. The largest absolute Gasteiger partial charge is 0.493 e. The monoisotopic (exact) mass is 323 g/mol. The van der Waals surface area contributed by atoms with Gasteiger partial charge in [0.25, 0.3) is 0 Å². The highest BCUT2D eigenvalue weighted by atomic mass is 35.5. The molecule has 2 aliphatic rings. The number of fused-ring (bicyclic) bond motifs is 1. The number of hydrogen-bond donors (Lipinski definition) is 1. The van der Waals surface area contributed by atoms with Crippen LogP contribution < -0.4 is 14.9 Å². The SMILES string of the molecule is CCN1CCC2=NNC(c3cc(Cl)c(OC)c(OC)c3)C2C1. The van der Waals surface area contributed by atoms with Crippen LogP contribution >= 0.6 is 11.6 Å². The van der Waals surface area contributed by atoms with E-state index in [1.807, 2.05) is 12.1 Å². The van der Waals surface area contributed by atoms with E-state index in [-0.39, 0.29) is 6.04 Å². The van der Waals surface area contributed by atoms with Crippen molar-refractivity contribution in [2.45, 2.75) is 19.4 Å². The van der Waals surface area contributed by atoms with Gasteiger partial charge in [-0.2, -0.15) is 5.10 Å². The van der Waals surface area contributed by atoms with E-state index < -0.39 is 0 Å². The number of hydrazone groups is 1. The van der Waals surface area contributed by atoms with Crippen molar-refractivity contribution >= 4 is 17.3 Å². The fourth-order valence-corrected chi connectivity index (χ4v) is 3.62. The number of likely N-dealkylation sites (tertiary alicyclic amines) is 1. The van der Waals surface area contributed by atoms with Crippen molar-refractivity contribution in [2.24, 2.45) is 11.0 Å². The highest BCUT2D eigenvalue weighted by molar-refractivity contribution is 6.32. The quantitative estimate of drug-likeness (QED) is 0.925. The lowest BCUT2D eigenvalue weighted by Gasteiger charge is -2.33. The Bertz CT molecular complexity index is 591. The van der Waals surface area contributed by atoms with E-state index in [1.54, 1.807) is 14.2 Å². The molecule has 0 aromatic heterocycles. The van der Waals surface area contributed by atoms with Crippen LogP contribution in [0.3, 0.4) is 0 Å². The first kappa shape index (κ1) is 15.4. The molecular weight excluding hydrogens is 302 g/mol. The van der Waals surface area contributed by atoms with Crippen LogP contribution in [0, 0.1) is 5.92 Å². The molecule has 2 heterocycles. The minimum atomic E-state index is 0.140. The summed E-state index contributed by atoms with van der Waals surface area (Å²) in [4.78, 5) is 2.46. The van der Waals surface area contributed by atoms with Crippen molar-refractivity contribution in [3.8, 4) is 11.5 Å². The molecule has 120 valence electrons. The van der Waals surface area contributed by atoms with Crippen LogP contribution in [0.4, 0.5) is 0 Å². The van der Waals surface area contributed by atoms with Crippen LogP contribution in [0.2, 0.25) is 5.02 Å². The molecule has 0 amide bonds.